The van der Waals surface area contributed by atoms with E-state index in [4.69, 9.17) is 4.74 Å². The SMILES string of the molecule is CNCc1cc(S(=O)(=O)NCCCOCC2CC2)cs1. The average molecular weight is 318 g/mol. The highest BCUT2D eigenvalue weighted by Crippen LogP contribution is 2.28. The zero-order chi connectivity index (χ0) is 14.4. The molecule has 1 fully saturated rings. The van der Waals surface area contributed by atoms with E-state index in [9.17, 15) is 8.42 Å². The van der Waals surface area contributed by atoms with Gasteiger partial charge >= 0.3 is 0 Å². The van der Waals surface area contributed by atoms with E-state index in [2.05, 4.69) is 10.0 Å². The van der Waals surface area contributed by atoms with Crippen LogP contribution >= 0.6 is 11.3 Å². The van der Waals surface area contributed by atoms with E-state index in [0.717, 1.165) is 17.4 Å². The zero-order valence-electron chi connectivity index (χ0n) is 11.7. The molecule has 1 aliphatic carbocycles. The van der Waals surface area contributed by atoms with E-state index >= 15 is 0 Å². The minimum atomic E-state index is -3.37. The van der Waals surface area contributed by atoms with Crippen LogP contribution in [0.4, 0.5) is 0 Å². The Bertz CT molecular complexity index is 509. The van der Waals surface area contributed by atoms with E-state index in [0.29, 0.717) is 31.0 Å². The topological polar surface area (TPSA) is 67.4 Å². The summed E-state index contributed by atoms with van der Waals surface area (Å²) in [4.78, 5) is 1.37. The fourth-order valence-electron chi connectivity index (χ4n) is 1.77. The van der Waals surface area contributed by atoms with Gasteiger partial charge in [0.05, 0.1) is 4.90 Å². The normalized spacial score (nSPS) is 15.7. The minimum absolute atomic E-state index is 0.353. The minimum Gasteiger partial charge on any atom is -0.381 e. The van der Waals surface area contributed by atoms with Crippen LogP contribution in [0.25, 0.3) is 0 Å². The van der Waals surface area contributed by atoms with Crippen molar-refractivity contribution >= 4 is 21.4 Å². The van der Waals surface area contributed by atoms with Crippen LogP contribution in [0.2, 0.25) is 0 Å². The van der Waals surface area contributed by atoms with Crippen molar-refractivity contribution in [2.45, 2.75) is 30.7 Å². The van der Waals surface area contributed by atoms with Gasteiger partial charge in [-0.3, -0.25) is 0 Å². The maximum absolute atomic E-state index is 12.0. The predicted molar refractivity (Wildman–Crippen MR) is 80.4 cm³/mol. The molecule has 1 heterocycles. The first-order chi connectivity index (χ1) is 9.62. The van der Waals surface area contributed by atoms with Crippen LogP contribution in [0, 0.1) is 5.92 Å². The summed E-state index contributed by atoms with van der Waals surface area (Å²) in [5.74, 6) is 0.753. The van der Waals surface area contributed by atoms with E-state index in [1.54, 1.807) is 11.4 Å². The molecular weight excluding hydrogens is 296 g/mol. The van der Waals surface area contributed by atoms with Crippen LogP contribution in [0.15, 0.2) is 16.3 Å². The molecule has 0 unspecified atom stereocenters. The molecule has 0 radical (unpaired) electrons. The van der Waals surface area contributed by atoms with E-state index in [1.165, 1.54) is 24.2 Å². The van der Waals surface area contributed by atoms with Crippen molar-refractivity contribution in [2.24, 2.45) is 5.92 Å². The molecule has 0 saturated heterocycles. The fourth-order valence-corrected chi connectivity index (χ4v) is 4.13. The molecule has 0 aliphatic heterocycles. The van der Waals surface area contributed by atoms with Gasteiger partial charge in [-0.2, -0.15) is 0 Å². The third kappa shape index (κ3) is 5.14. The van der Waals surface area contributed by atoms with Crippen molar-refractivity contribution in [1.29, 1.82) is 0 Å². The Balaban J connectivity index is 1.68. The van der Waals surface area contributed by atoms with Crippen LogP contribution in [-0.4, -0.2) is 35.2 Å². The largest absolute Gasteiger partial charge is 0.381 e. The number of thiophene rings is 1. The van der Waals surface area contributed by atoms with Crippen LogP contribution in [-0.2, 0) is 21.3 Å². The molecule has 0 spiro atoms. The Kier molecular flexibility index (Phi) is 5.98. The van der Waals surface area contributed by atoms with E-state index < -0.39 is 10.0 Å². The van der Waals surface area contributed by atoms with Gasteiger partial charge in [-0.1, -0.05) is 0 Å². The smallest absolute Gasteiger partial charge is 0.241 e. The molecule has 20 heavy (non-hydrogen) atoms. The van der Waals surface area contributed by atoms with Crippen LogP contribution in [0.3, 0.4) is 0 Å². The highest BCUT2D eigenvalue weighted by Gasteiger charge is 2.21. The Hall–Kier alpha value is -0.470. The molecule has 1 saturated carbocycles. The molecule has 7 heteroatoms. The highest BCUT2D eigenvalue weighted by molar-refractivity contribution is 7.89. The standard InChI is InChI=1S/C13H22N2O3S2/c1-14-8-12-7-13(10-19-12)20(16,17)15-5-2-6-18-9-11-3-4-11/h7,10-11,14-15H,2-6,8-9H2,1H3. The summed E-state index contributed by atoms with van der Waals surface area (Å²) in [5.41, 5.74) is 0. The zero-order valence-corrected chi connectivity index (χ0v) is 13.4. The molecule has 1 aromatic rings. The molecule has 2 N–H and O–H groups in total. The van der Waals surface area contributed by atoms with Gasteiger partial charge in [0, 0.05) is 36.6 Å². The lowest BCUT2D eigenvalue weighted by molar-refractivity contribution is 0.123. The molecule has 114 valence electrons. The Morgan fingerprint density at radius 2 is 2.25 bits per heavy atom. The lowest BCUT2D eigenvalue weighted by atomic mass is 10.4. The molecule has 1 aliphatic rings. The fraction of sp³-hybridized carbons (Fsp3) is 0.692. The summed E-state index contributed by atoms with van der Waals surface area (Å²) in [6.45, 7) is 2.55. The number of ether oxygens (including phenoxy) is 1. The number of hydrogen-bond acceptors (Lipinski definition) is 5. The number of sulfonamides is 1. The maximum Gasteiger partial charge on any atom is 0.241 e. The predicted octanol–water partition coefficient (Wildman–Crippen LogP) is 1.56. The molecule has 0 aromatic carbocycles. The van der Waals surface area contributed by atoms with Gasteiger partial charge in [-0.15, -0.1) is 11.3 Å². The van der Waals surface area contributed by atoms with Gasteiger partial charge in [0.15, 0.2) is 0 Å². The van der Waals surface area contributed by atoms with Crippen molar-refractivity contribution in [2.75, 3.05) is 26.8 Å². The number of rotatable bonds is 10. The van der Waals surface area contributed by atoms with Gasteiger partial charge in [-0.05, 0) is 38.3 Å². The van der Waals surface area contributed by atoms with Crippen molar-refractivity contribution in [3.63, 3.8) is 0 Å². The van der Waals surface area contributed by atoms with E-state index in [1.807, 2.05) is 7.05 Å². The Morgan fingerprint density at radius 3 is 2.95 bits per heavy atom. The summed E-state index contributed by atoms with van der Waals surface area (Å²) < 4.78 is 32.2. The summed E-state index contributed by atoms with van der Waals surface area (Å²) in [6, 6.07) is 1.72. The first-order valence-corrected chi connectivity index (χ1v) is 9.27. The summed E-state index contributed by atoms with van der Waals surface area (Å²) in [5, 5.41) is 4.69. The quantitative estimate of drug-likeness (QED) is 0.643. The number of nitrogens with one attached hydrogen (secondary N) is 2. The molecule has 2 rings (SSSR count). The molecule has 0 atom stereocenters. The summed E-state index contributed by atoms with van der Waals surface area (Å²) in [6.07, 6.45) is 3.26. The van der Waals surface area contributed by atoms with Crippen molar-refractivity contribution < 1.29 is 13.2 Å². The third-order valence-electron chi connectivity index (χ3n) is 3.10. The van der Waals surface area contributed by atoms with Gasteiger partial charge in [0.25, 0.3) is 0 Å². The molecular formula is C13H22N2O3S2. The number of hydrogen-bond donors (Lipinski definition) is 2. The lowest BCUT2D eigenvalue weighted by Gasteiger charge is -2.05. The van der Waals surface area contributed by atoms with Crippen molar-refractivity contribution in [3.8, 4) is 0 Å². The molecule has 0 amide bonds. The average Bonchev–Trinajstić information content (AvgIpc) is 3.11. The first kappa shape index (κ1) is 15.9. The lowest BCUT2D eigenvalue weighted by Crippen LogP contribution is -2.25. The summed E-state index contributed by atoms with van der Waals surface area (Å²) in [7, 11) is -1.53. The van der Waals surface area contributed by atoms with Crippen molar-refractivity contribution in [3.05, 3.63) is 16.3 Å². The van der Waals surface area contributed by atoms with Crippen LogP contribution < -0.4 is 10.0 Å². The van der Waals surface area contributed by atoms with Crippen LogP contribution in [0.1, 0.15) is 24.1 Å². The highest BCUT2D eigenvalue weighted by atomic mass is 32.2. The van der Waals surface area contributed by atoms with Gasteiger partial charge in [0.2, 0.25) is 10.0 Å². The maximum atomic E-state index is 12.0. The second kappa shape index (κ2) is 7.51. The Labute approximate surface area is 124 Å². The van der Waals surface area contributed by atoms with Gasteiger partial charge < -0.3 is 10.1 Å². The molecule has 5 nitrogen and oxygen atoms in total. The monoisotopic (exact) mass is 318 g/mol. The van der Waals surface area contributed by atoms with E-state index in [-0.39, 0.29) is 0 Å². The van der Waals surface area contributed by atoms with Gasteiger partial charge in [0.1, 0.15) is 0 Å². The van der Waals surface area contributed by atoms with Crippen molar-refractivity contribution in [1.82, 2.24) is 10.0 Å². The second-order valence-corrected chi connectivity index (χ2v) is 7.81. The summed E-state index contributed by atoms with van der Waals surface area (Å²) >= 11 is 1.45. The van der Waals surface area contributed by atoms with Crippen LogP contribution in [0.5, 0.6) is 0 Å². The Morgan fingerprint density at radius 1 is 1.45 bits per heavy atom. The third-order valence-corrected chi connectivity index (χ3v) is 5.63. The molecule has 1 aromatic heterocycles. The first-order valence-electron chi connectivity index (χ1n) is 6.91. The van der Waals surface area contributed by atoms with Gasteiger partial charge in [-0.25, -0.2) is 13.1 Å². The second-order valence-electron chi connectivity index (χ2n) is 5.05. The molecule has 0 bridgehead atoms.